The maximum atomic E-state index is 14.3. The predicted molar refractivity (Wildman–Crippen MR) is 82.2 cm³/mol. The fraction of sp³-hybridized carbons (Fsp3) is 0.188. The van der Waals surface area contributed by atoms with Crippen molar-refractivity contribution in [3.63, 3.8) is 0 Å². The molecular formula is C16H18FN3O. The molecule has 0 aliphatic heterocycles. The number of halogens is 1. The molecule has 2 aromatic carbocycles. The van der Waals surface area contributed by atoms with Crippen molar-refractivity contribution in [1.29, 1.82) is 0 Å². The van der Waals surface area contributed by atoms with Gasteiger partial charge in [0.05, 0.1) is 5.56 Å². The van der Waals surface area contributed by atoms with Crippen molar-refractivity contribution < 1.29 is 9.60 Å². The van der Waals surface area contributed by atoms with Gasteiger partial charge in [0.25, 0.3) is 0 Å². The van der Waals surface area contributed by atoms with E-state index in [9.17, 15) is 4.39 Å². The summed E-state index contributed by atoms with van der Waals surface area (Å²) in [5.41, 5.74) is 9.22. The van der Waals surface area contributed by atoms with Gasteiger partial charge < -0.3 is 16.3 Å². The minimum Gasteiger partial charge on any atom is -0.409 e. The summed E-state index contributed by atoms with van der Waals surface area (Å²) < 4.78 is 14.3. The van der Waals surface area contributed by atoms with Crippen LogP contribution in [-0.4, -0.2) is 11.0 Å². The van der Waals surface area contributed by atoms with E-state index in [0.717, 1.165) is 16.8 Å². The second-order valence-electron chi connectivity index (χ2n) is 4.99. The molecule has 0 spiro atoms. The molecule has 0 unspecified atom stereocenters. The van der Waals surface area contributed by atoms with Gasteiger partial charge in [-0.1, -0.05) is 23.4 Å². The van der Waals surface area contributed by atoms with Crippen LogP contribution in [0.3, 0.4) is 0 Å². The molecule has 5 heteroatoms. The Labute approximate surface area is 123 Å². The van der Waals surface area contributed by atoms with E-state index in [2.05, 4.69) is 16.5 Å². The molecule has 0 aliphatic rings. The summed E-state index contributed by atoms with van der Waals surface area (Å²) in [5, 5.41) is 14.7. The normalized spacial score (nSPS) is 11.5. The number of rotatable bonds is 4. The SMILES string of the molecule is Cc1cc(C)cc(NCc2cccc(/C(N)=N/O)c2F)c1. The summed E-state index contributed by atoms with van der Waals surface area (Å²) in [6, 6.07) is 10.9. The summed E-state index contributed by atoms with van der Waals surface area (Å²) in [4.78, 5) is 0. The molecule has 0 fully saturated rings. The monoisotopic (exact) mass is 287 g/mol. The van der Waals surface area contributed by atoms with E-state index in [1.807, 2.05) is 26.0 Å². The van der Waals surface area contributed by atoms with Gasteiger partial charge in [-0.05, 0) is 43.2 Å². The van der Waals surface area contributed by atoms with Crippen LogP contribution in [0.2, 0.25) is 0 Å². The molecule has 0 atom stereocenters. The van der Waals surface area contributed by atoms with Crippen LogP contribution in [0.1, 0.15) is 22.3 Å². The van der Waals surface area contributed by atoms with E-state index < -0.39 is 5.82 Å². The molecule has 0 bridgehead atoms. The van der Waals surface area contributed by atoms with Gasteiger partial charge in [0.15, 0.2) is 5.84 Å². The van der Waals surface area contributed by atoms with Gasteiger partial charge in [0, 0.05) is 17.8 Å². The zero-order valence-corrected chi connectivity index (χ0v) is 12.0. The maximum absolute atomic E-state index is 14.3. The molecule has 2 rings (SSSR count). The fourth-order valence-electron chi connectivity index (χ4n) is 2.24. The number of nitrogens with one attached hydrogen (secondary N) is 1. The van der Waals surface area contributed by atoms with Crippen LogP contribution in [0.5, 0.6) is 0 Å². The number of amidine groups is 1. The minimum atomic E-state index is -0.482. The van der Waals surface area contributed by atoms with Crippen LogP contribution >= 0.6 is 0 Å². The number of oxime groups is 1. The van der Waals surface area contributed by atoms with Crippen LogP contribution in [-0.2, 0) is 6.54 Å². The fourth-order valence-corrected chi connectivity index (χ4v) is 2.24. The smallest absolute Gasteiger partial charge is 0.173 e. The molecule has 21 heavy (non-hydrogen) atoms. The number of hydrogen-bond donors (Lipinski definition) is 3. The highest BCUT2D eigenvalue weighted by molar-refractivity contribution is 5.97. The van der Waals surface area contributed by atoms with E-state index in [4.69, 9.17) is 10.9 Å². The van der Waals surface area contributed by atoms with Crippen LogP contribution in [0.15, 0.2) is 41.6 Å². The zero-order chi connectivity index (χ0) is 15.4. The summed E-state index contributed by atoms with van der Waals surface area (Å²) >= 11 is 0. The Hall–Kier alpha value is -2.56. The van der Waals surface area contributed by atoms with Crippen molar-refractivity contribution in [2.75, 3.05) is 5.32 Å². The van der Waals surface area contributed by atoms with Gasteiger partial charge in [-0.25, -0.2) is 4.39 Å². The lowest BCUT2D eigenvalue weighted by Gasteiger charge is -2.11. The Morgan fingerprint density at radius 2 is 1.90 bits per heavy atom. The quantitative estimate of drug-likeness (QED) is 0.350. The van der Waals surface area contributed by atoms with E-state index in [1.165, 1.54) is 6.07 Å². The van der Waals surface area contributed by atoms with E-state index >= 15 is 0 Å². The summed E-state index contributed by atoms with van der Waals surface area (Å²) in [5.74, 6) is -0.717. The van der Waals surface area contributed by atoms with Gasteiger partial charge in [0.2, 0.25) is 0 Å². The van der Waals surface area contributed by atoms with E-state index in [0.29, 0.717) is 12.1 Å². The number of anilines is 1. The first-order valence-electron chi connectivity index (χ1n) is 6.58. The first-order valence-corrected chi connectivity index (χ1v) is 6.58. The third-order valence-electron chi connectivity index (χ3n) is 3.17. The number of nitrogens with two attached hydrogens (primary N) is 1. The molecule has 0 amide bonds. The van der Waals surface area contributed by atoms with Gasteiger partial charge in [-0.2, -0.15) is 0 Å². The molecule has 0 aliphatic carbocycles. The Morgan fingerprint density at radius 1 is 1.24 bits per heavy atom. The molecule has 110 valence electrons. The number of benzene rings is 2. The van der Waals surface area contributed by atoms with Crippen molar-refractivity contribution in [3.05, 3.63) is 64.5 Å². The van der Waals surface area contributed by atoms with Gasteiger partial charge in [0.1, 0.15) is 5.82 Å². The highest BCUT2D eigenvalue weighted by Crippen LogP contribution is 2.17. The van der Waals surface area contributed by atoms with Crippen molar-refractivity contribution in [2.24, 2.45) is 10.9 Å². The zero-order valence-electron chi connectivity index (χ0n) is 12.0. The highest BCUT2D eigenvalue weighted by atomic mass is 19.1. The molecular weight excluding hydrogens is 269 g/mol. The predicted octanol–water partition coefficient (Wildman–Crippen LogP) is 3.15. The minimum absolute atomic E-state index is 0.0947. The highest BCUT2D eigenvalue weighted by Gasteiger charge is 2.11. The molecule has 4 N–H and O–H groups in total. The second-order valence-corrected chi connectivity index (χ2v) is 4.99. The van der Waals surface area contributed by atoms with Gasteiger partial charge >= 0.3 is 0 Å². The third-order valence-corrected chi connectivity index (χ3v) is 3.17. The molecule has 0 saturated carbocycles. The first-order chi connectivity index (χ1) is 10.0. The molecule has 0 saturated heterocycles. The standard InChI is InChI=1S/C16H18FN3O/c1-10-6-11(2)8-13(7-10)19-9-12-4-3-5-14(15(12)17)16(18)20-21/h3-8,19,21H,9H2,1-2H3,(H2,18,20). The first kappa shape index (κ1) is 14.8. The Balaban J connectivity index is 2.20. The molecule has 0 aromatic heterocycles. The number of hydrogen-bond acceptors (Lipinski definition) is 3. The lowest BCUT2D eigenvalue weighted by Crippen LogP contribution is -2.16. The lowest BCUT2D eigenvalue weighted by atomic mass is 10.1. The maximum Gasteiger partial charge on any atom is 0.173 e. The van der Waals surface area contributed by atoms with Crippen molar-refractivity contribution in [2.45, 2.75) is 20.4 Å². The molecule has 2 aromatic rings. The van der Waals surface area contributed by atoms with Crippen molar-refractivity contribution in [3.8, 4) is 0 Å². The van der Waals surface area contributed by atoms with Crippen LogP contribution < -0.4 is 11.1 Å². The summed E-state index contributed by atoms with van der Waals surface area (Å²) in [6.07, 6.45) is 0. The number of nitrogens with zero attached hydrogens (tertiary/aromatic N) is 1. The van der Waals surface area contributed by atoms with E-state index in [-0.39, 0.29) is 11.4 Å². The average molecular weight is 287 g/mol. The Bertz CT molecular complexity index is 663. The van der Waals surface area contributed by atoms with Crippen LogP contribution in [0, 0.1) is 19.7 Å². The summed E-state index contributed by atoms with van der Waals surface area (Å²) in [7, 11) is 0. The molecule has 4 nitrogen and oxygen atoms in total. The van der Waals surface area contributed by atoms with Crippen LogP contribution in [0.25, 0.3) is 0 Å². The topological polar surface area (TPSA) is 70.6 Å². The van der Waals surface area contributed by atoms with Gasteiger partial charge in [-0.15, -0.1) is 0 Å². The van der Waals surface area contributed by atoms with Crippen molar-refractivity contribution in [1.82, 2.24) is 0 Å². The Morgan fingerprint density at radius 3 is 2.52 bits per heavy atom. The summed E-state index contributed by atoms with van der Waals surface area (Å²) in [6.45, 7) is 4.34. The van der Waals surface area contributed by atoms with E-state index in [1.54, 1.807) is 12.1 Å². The average Bonchev–Trinajstić information content (AvgIpc) is 2.44. The molecule has 0 radical (unpaired) electrons. The number of aryl methyl sites for hydroxylation is 2. The molecule has 0 heterocycles. The Kier molecular flexibility index (Phi) is 4.42. The lowest BCUT2D eigenvalue weighted by molar-refractivity contribution is 0.318. The van der Waals surface area contributed by atoms with Crippen LogP contribution in [0.4, 0.5) is 10.1 Å². The third kappa shape index (κ3) is 3.51. The largest absolute Gasteiger partial charge is 0.409 e. The van der Waals surface area contributed by atoms with Gasteiger partial charge in [-0.3, -0.25) is 0 Å². The second kappa shape index (κ2) is 6.26. The van der Waals surface area contributed by atoms with Crippen molar-refractivity contribution >= 4 is 11.5 Å².